The van der Waals surface area contributed by atoms with Crippen molar-refractivity contribution >= 4 is 0 Å². The van der Waals surface area contributed by atoms with Gasteiger partial charge in [-0.3, -0.25) is 0 Å². The van der Waals surface area contributed by atoms with Gasteiger partial charge in [-0.05, 0) is 47.0 Å². The van der Waals surface area contributed by atoms with Gasteiger partial charge in [-0.2, -0.15) is 0 Å². The van der Waals surface area contributed by atoms with Crippen molar-refractivity contribution < 1.29 is 15.3 Å². The highest BCUT2D eigenvalue weighted by molar-refractivity contribution is 5.87. The molecule has 0 aliphatic rings. The van der Waals surface area contributed by atoms with Crippen LogP contribution in [0.2, 0.25) is 0 Å². The Labute approximate surface area is 122 Å². The van der Waals surface area contributed by atoms with Gasteiger partial charge in [0.25, 0.3) is 0 Å². The molecule has 0 saturated carbocycles. The molecule has 0 aromatic heterocycles. The number of aromatic hydroxyl groups is 3. The fraction of sp³-hybridized carbons (Fsp3) is 0. The molecule has 0 radical (unpaired) electrons. The van der Waals surface area contributed by atoms with Crippen molar-refractivity contribution in [1.29, 1.82) is 0 Å². The maximum Gasteiger partial charge on any atom is 0.124 e. The van der Waals surface area contributed by atoms with Crippen LogP contribution in [0, 0.1) is 0 Å². The van der Waals surface area contributed by atoms with E-state index in [0.29, 0.717) is 5.56 Å². The molecule has 0 saturated heterocycles. The molecule has 3 aromatic rings. The van der Waals surface area contributed by atoms with E-state index in [4.69, 9.17) is 0 Å². The summed E-state index contributed by atoms with van der Waals surface area (Å²) in [6.45, 7) is 0. The lowest BCUT2D eigenvalue weighted by atomic mass is 9.93. The highest BCUT2D eigenvalue weighted by atomic mass is 16.3. The van der Waals surface area contributed by atoms with Gasteiger partial charge in [0.05, 0.1) is 0 Å². The van der Waals surface area contributed by atoms with Gasteiger partial charge in [-0.15, -0.1) is 0 Å². The smallest absolute Gasteiger partial charge is 0.124 e. The van der Waals surface area contributed by atoms with E-state index in [1.54, 1.807) is 60.7 Å². The van der Waals surface area contributed by atoms with E-state index in [0.717, 1.165) is 16.7 Å². The van der Waals surface area contributed by atoms with Crippen LogP contribution in [-0.4, -0.2) is 15.3 Å². The third-order valence-corrected chi connectivity index (χ3v) is 3.38. The zero-order valence-electron chi connectivity index (χ0n) is 11.2. The average molecular weight is 278 g/mol. The zero-order valence-corrected chi connectivity index (χ0v) is 11.2. The van der Waals surface area contributed by atoms with E-state index in [2.05, 4.69) is 0 Å². The zero-order chi connectivity index (χ0) is 14.8. The summed E-state index contributed by atoms with van der Waals surface area (Å²) in [6, 6.07) is 18.8. The molecule has 0 spiro atoms. The molecule has 104 valence electrons. The second kappa shape index (κ2) is 5.21. The molecular weight excluding hydrogens is 264 g/mol. The number of rotatable bonds is 2. The third kappa shape index (κ3) is 2.54. The van der Waals surface area contributed by atoms with Gasteiger partial charge in [-0.1, -0.05) is 36.4 Å². The summed E-state index contributed by atoms with van der Waals surface area (Å²) in [4.78, 5) is 0. The second-order valence-corrected chi connectivity index (χ2v) is 4.79. The normalized spacial score (nSPS) is 10.5. The lowest BCUT2D eigenvalue weighted by Gasteiger charge is -2.12. The first-order valence-electron chi connectivity index (χ1n) is 6.56. The van der Waals surface area contributed by atoms with Crippen molar-refractivity contribution in [2.75, 3.05) is 0 Å². The Balaban J connectivity index is 2.20. The largest absolute Gasteiger partial charge is 0.508 e. The fourth-order valence-corrected chi connectivity index (χ4v) is 2.35. The number of phenols is 3. The van der Waals surface area contributed by atoms with Crippen molar-refractivity contribution in [2.45, 2.75) is 0 Å². The van der Waals surface area contributed by atoms with Gasteiger partial charge in [0.1, 0.15) is 17.2 Å². The van der Waals surface area contributed by atoms with Crippen molar-refractivity contribution in [1.82, 2.24) is 0 Å². The van der Waals surface area contributed by atoms with Gasteiger partial charge in [0, 0.05) is 5.56 Å². The van der Waals surface area contributed by atoms with Crippen LogP contribution in [0.4, 0.5) is 0 Å². The van der Waals surface area contributed by atoms with Crippen LogP contribution in [0.15, 0.2) is 66.7 Å². The van der Waals surface area contributed by atoms with Crippen molar-refractivity contribution in [3.8, 4) is 39.5 Å². The molecule has 21 heavy (non-hydrogen) atoms. The Morgan fingerprint density at radius 1 is 0.524 bits per heavy atom. The van der Waals surface area contributed by atoms with Gasteiger partial charge < -0.3 is 15.3 Å². The topological polar surface area (TPSA) is 60.7 Å². The van der Waals surface area contributed by atoms with Crippen LogP contribution in [0.1, 0.15) is 0 Å². The van der Waals surface area contributed by atoms with E-state index in [9.17, 15) is 15.3 Å². The predicted octanol–water partition coefficient (Wildman–Crippen LogP) is 4.14. The van der Waals surface area contributed by atoms with Crippen LogP contribution in [0.5, 0.6) is 17.2 Å². The minimum atomic E-state index is 0.172. The van der Waals surface area contributed by atoms with Crippen LogP contribution in [-0.2, 0) is 0 Å². The van der Waals surface area contributed by atoms with Gasteiger partial charge >= 0.3 is 0 Å². The lowest BCUT2D eigenvalue weighted by Crippen LogP contribution is -1.86. The van der Waals surface area contributed by atoms with E-state index in [-0.39, 0.29) is 17.2 Å². The standard InChI is InChI=1S/C18H14O3/c19-14-8-4-12(5-9-14)16-2-1-3-17(21)18(16)13-6-10-15(20)11-7-13/h1-11,19-21H. The number of hydrogen-bond donors (Lipinski definition) is 3. The van der Waals surface area contributed by atoms with Gasteiger partial charge in [0.15, 0.2) is 0 Å². The first-order chi connectivity index (χ1) is 10.1. The minimum absolute atomic E-state index is 0.172. The second-order valence-electron chi connectivity index (χ2n) is 4.79. The highest BCUT2D eigenvalue weighted by Crippen LogP contribution is 2.39. The maximum atomic E-state index is 10.2. The summed E-state index contributed by atoms with van der Waals surface area (Å²) in [5.74, 6) is 0.553. The summed E-state index contributed by atoms with van der Waals surface area (Å²) < 4.78 is 0. The maximum absolute atomic E-state index is 10.2. The van der Waals surface area contributed by atoms with Crippen molar-refractivity contribution in [3.05, 3.63) is 66.7 Å². The number of phenolic OH excluding ortho intramolecular Hbond substituents is 3. The Kier molecular flexibility index (Phi) is 3.24. The van der Waals surface area contributed by atoms with E-state index < -0.39 is 0 Å². The van der Waals surface area contributed by atoms with Crippen molar-refractivity contribution in [3.63, 3.8) is 0 Å². The van der Waals surface area contributed by atoms with Crippen LogP contribution >= 0.6 is 0 Å². The van der Waals surface area contributed by atoms with Crippen LogP contribution in [0.25, 0.3) is 22.3 Å². The Hall–Kier alpha value is -2.94. The Bertz CT molecular complexity index is 759. The van der Waals surface area contributed by atoms with Crippen molar-refractivity contribution in [2.24, 2.45) is 0 Å². The SMILES string of the molecule is Oc1ccc(-c2cccc(O)c2-c2ccc(O)cc2)cc1. The van der Waals surface area contributed by atoms with E-state index in [1.807, 2.05) is 6.07 Å². The fourth-order valence-electron chi connectivity index (χ4n) is 2.35. The molecule has 0 unspecified atom stereocenters. The Morgan fingerprint density at radius 2 is 1.05 bits per heavy atom. The minimum Gasteiger partial charge on any atom is -0.508 e. The summed E-state index contributed by atoms with van der Waals surface area (Å²) >= 11 is 0. The van der Waals surface area contributed by atoms with Gasteiger partial charge in [-0.25, -0.2) is 0 Å². The molecule has 0 aliphatic carbocycles. The molecule has 0 amide bonds. The lowest BCUT2D eigenvalue weighted by molar-refractivity contribution is 0.474. The highest BCUT2D eigenvalue weighted by Gasteiger charge is 2.12. The predicted molar refractivity (Wildman–Crippen MR) is 82.3 cm³/mol. The molecule has 3 rings (SSSR count). The molecular formula is C18H14O3. The molecule has 3 N–H and O–H groups in total. The molecule has 0 bridgehead atoms. The first-order valence-corrected chi connectivity index (χ1v) is 6.56. The Morgan fingerprint density at radius 3 is 1.62 bits per heavy atom. The summed E-state index contributed by atoms with van der Waals surface area (Å²) in [7, 11) is 0. The molecule has 0 fully saturated rings. The number of benzene rings is 3. The quantitative estimate of drug-likeness (QED) is 0.660. The van der Waals surface area contributed by atoms with Gasteiger partial charge in [0.2, 0.25) is 0 Å². The monoisotopic (exact) mass is 278 g/mol. The first kappa shape index (κ1) is 13.1. The summed E-state index contributed by atoms with van der Waals surface area (Å²) in [5.41, 5.74) is 3.27. The molecule has 3 heteroatoms. The number of hydrogen-bond acceptors (Lipinski definition) is 3. The third-order valence-electron chi connectivity index (χ3n) is 3.38. The molecule has 0 heterocycles. The van der Waals surface area contributed by atoms with Crippen LogP contribution in [0.3, 0.4) is 0 Å². The van der Waals surface area contributed by atoms with E-state index >= 15 is 0 Å². The van der Waals surface area contributed by atoms with E-state index in [1.165, 1.54) is 0 Å². The molecule has 3 nitrogen and oxygen atoms in total. The summed E-state index contributed by atoms with van der Waals surface area (Å²) in [6.07, 6.45) is 0. The molecule has 3 aromatic carbocycles. The average Bonchev–Trinajstić information content (AvgIpc) is 2.49. The van der Waals surface area contributed by atoms with Crippen LogP contribution < -0.4 is 0 Å². The molecule has 0 aliphatic heterocycles. The molecule has 0 atom stereocenters. The summed E-state index contributed by atoms with van der Waals surface area (Å²) in [5, 5.41) is 29.0.